The van der Waals surface area contributed by atoms with Gasteiger partial charge in [-0.3, -0.25) is 4.79 Å². The van der Waals surface area contributed by atoms with E-state index in [2.05, 4.69) is 0 Å². The summed E-state index contributed by atoms with van der Waals surface area (Å²) in [4.78, 5) is 10.6. The lowest BCUT2D eigenvalue weighted by molar-refractivity contribution is -0.144. The van der Waals surface area contributed by atoms with Gasteiger partial charge in [-0.2, -0.15) is 0 Å². The Balaban J connectivity index is 2.55. The summed E-state index contributed by atoms with van der Waals surface area (Å²) in [6.07, 6.45) is 1.13. The first-order valence-corrected chi connectivity index (χ1v) is 3.48. The lowest BCUT2D eigenvalue weighted by Crippen LogP contribution is -2.18. The van der Waals surface area contributed by atoms with E-state index < -0.39 is 11.4 Å². The molecule has 10 heavy (non-hydrogen) atoms. The summed E-state index contributed by atoms with van der Waals surface area (Å²) in [7, 11) is 0. The number of carbonyl (C=O) groups is 1. The van der Waals surface area contributed by atoms with Crippen LogP contribution in [0.25, 0.3) is 0 Å². The summed E-state index contributed by atoms with van der Waals surface area (Å²) in [5, 5.41) is 17.2. The minimum Gasteiger partial charge on any atom is -0.481 e. The van der Waals surface area contributed by atoms with Gasteiger partial charge in [0.25, 0.3) is 0 Å². The van der Waals surface area contributed by atoms with E-state index in [1.54, 1.807) is 0 Å². The summed E-state index contributed by atoms with van der Waals surface area (Å²) < 4.78 is 0. The van der Waals surface area contributed by atoms with Crippen molar-refractivity contribution in [1.29, 1.82) is 0 Å². The van der Waals surface area contributed by atoms with Crippen molar-refractivity contribution in [2.45, 2.75) is 19.8 Å². The number of hydrogen-bond acceptors (Lipinski definition) is 2. The Bertz CT molecular complexity index is 155. The zero-order valence-electron chi connectivity index (χ0n) is 6.00. The molecule has 3 heteroatoms. The van der Waals surface area contributed by atoms with Gasteiger partial charge in [-0.25, -0.2) is 0 Å². The first-order valence-electron chi connectivity index (χ1n) is 3.48. The third-order valence-electron chi connectivity index (χ3n) is 2.44. The standard InChI is InChI=1S/C7H12O3/c1-5-4-7(5,2-3-8)6(9)10/h5,8H,2-4H2,1H3,(H,9,10). The second-order valence-electron chi connectivity index (χ2n) is 3.04. The molecule has 0 saturated heterocycles. The van der Waals surface area contributed by atoms with Gasteiger partial charge in [0.15, 0.2) is 0 Å². The maximum absolute atomic E-state index is 10.6. The maximum Gasteiger partial charge on any atom is 0.310 e. The van der Waals surface area contributed by atoms with E-state index in [4.69, 9.17) is 10.2 Å². The van der Waals surface area contributed by atoms with Gasteiger partial charge in [0, 0.05) is 6.61 Å². The van der Waals surface area contributed by atoms with Gasteiger partial charge >= 0.3 is 5.97 Å². The molecule has 2 N–H and O–H groups in total. The van der Waals surface area contributed by atoms with Crippen molar-refractivity contribution in [2.75, 3.05) is 6.61 Å². The molecule has 1 rings (SSSR count). The monoisotopic (exact) mass is 144 g/mol. The Morgan fingerprint density at radius 3 is 2.40 bits per heavy atom. The third-order valence-corrected chi connectivity index (χ3v) is 2.44. The molecule has 0 amide bonds. The summed E-state index contributed by atoms with van der Waals surface area (Å²) in [5.41, 5.74) is -0.575. The van der Waals surface area contributed by atoms with Crippen molar-refractivity contribution < 1.29 is 15.0 Å². The van der Waals surface area contributed by atoms with E-state index in [-0.39, 0.29) is 12.5 Å². The lowest BCUT2D eigenvalue weighted by atomic mass is 10.0. The predicted octanol–water partition coefficient (Wildman–Crippen LogP) is 0.480. The van der Waals surface area contributed by atoms with Crippen LogP contribution in [0.15, 0.2) is 0 Å². The third kappa shape index (κ3) is 0.904. The summed E-state index contributed by atoms with van der Waals surface area (Å²) in [6.45, 7) is 1.89. The topological polar surface area (TPSA) is 57.5 Å². The zero-order chi connectivity index (χ0) is 7.78. The van der Waals surface area contributed by atoms with Crippen molar-refractivity contribution in [1.82, 2.24) is 0 Å². The minimum absolute atomic E-state index is 0.0172. The average Bonchev–Trinajstić information content (AvgIpc) is 2.44. The van der Waals surface area contributed by atoms with Gasteiger partial charge in [0.05, 0.1) is 5.41 Å². The van der Waals surface area contributed by atoms with Crippen molar-refractivity contribution in [2.24, 2.45) is 11.3 Å². The van der Waals surface area contributed by atoms with Crippen LogP contribution in [0, 0.1) is 11.3 Å². The first kappa shape index (κ1) is 7.54. The smallest absolute Gasteiger partial charge is 0.310 e. The fourth-order valence-electron chi connectivity index (χ4n) is 1.44. The molecule has 0 radical (unpaired) electrons. The largest absolute Gasteiger partial charge is 0.481 e. The summed E-state index contributed by atoms with van der Waals surface area (Å²) in [6, 6.07) is 0. The average molecular weight is 144 g/mol. The maximum atomic E-state index is 10.6. The molecule has 2 unspecified atom stereocenters. The van der Waals surface area contributed by atoms with E-state index in [1.807, 2.05) is 6.92 Å². The van der Waals surface area contributed by atoms with Crippen LogP contribution in [0.5, 0.6) is 0 Å². The van der Waals surface area contributed by atoms with Gasteiger partial charge in [-0.15, -0.1) is 0 Å². The Morgan fingerprint density at radius 2 is 2.30 bits per heavy atom. The molecule has 0 aromatic carbocycles. The van der Waals surface area contributed by atoms with Crippen molar-refractivity contribution in [3.05, 3.63) is 0 Å². The molecule has 1 saturated carbocycles. The number of aliphatic hydroxyl groups excluding tert-OH is 1. The van der Waals surface area contributed by atoms with Crippen molar-refractivity contribution in [3.63, 3.8) is 0 Å². The Labute approximate surface area is 59.7 Å². The molecule has 0 aromatic rings. The van der Waals surface area contributed by atoms with Crippen LogP contribution in [0.4, 0.5) is 0 Å². The molecule has 0 aromatic heterocycles. The van der Waals surface area contributed by atoms with Crippen LogP contribution < -0.4 is 0 Å². The van der Waals surface area contributed by atoms with Gasteiger partial charge in [0.1, 0.15) is 0 Å². The van der Waals surface area contributed by atoms with Gasteiger partial charge < -0.3 is 10.2 Å². The van der Waals surface area contributed by atoms with Crippen LogP contribution in [0.2, 0.25) is 0 Å². The normalized spacial score (nSPS) is 37.6. The highest BCUT2D eigenvalue weighted by Crippen LogP contribution is 2.54. The highest BCUT2D eigenvalue weighted by molar-refractivity contribution is 5.78. The second-order valence-corrected chi connectivity index (χ2v) is 3.04. The highest BCUT2D eigenvalue weighted by atomic mass is 16.4. The molecule has 1 aliphatic carbocycles. The molecule has 58 valence electrons. The van der Waals surface area contributed by atoms with Crippen LogP contribution in [-0.4, -0.2) is 22.8 Å². The number of aliphatic hydroxyl groups is 1. The zero-order valence-corrected chi connectivity index (χ0v) is 6.00. The van der Waals surface area contributed by atoms with E-state index in [9.17, 15) is 4.79 Å². The van der Waals surface area contributed by atoms with Gasteiger partial charge in [-0.05, 0) is 18.8 Å². The van der Waals surface area contributed by atoms with E-state index in [0.717, 1.165) is 6.42 Å². The van der Waals surface area contributed by atoms with Crippen LogP contribution in [0.1, 0.15) is 19.8 Å². The number of carboxylic acids is 1. The van der Waals surface area contributed by atoms with E-state index in [0.29, 0.717) is 6.42 Å². The molecule has 3 nitrogen and oxygen atoms in total. The second kappa shape index (κ2) is 2.23. The molecule has 0 bridgehead atoms. The summed E-state index contributed by atoms with van der Waals surface area (Å²) in [5.74, 6) is -0.508. The van der Waals surface area contributed by atoms with Crippen LogP contribution >= 0.6 is 0 Å². The predicted molar refractivity (Wildman–Crippen MR) is 35.6 cm³/mol. The fourth-order valence-corrected chi connectivity index (χ4v) is 1.44. The number of aliphatic carboxylic acids is 1. The van der Waals surface area contributed by atoms with Crippen LogP contribution in [0.3, 0.4) is 0 Å². The Kier molecular flexibility index (Phi) is 1.68. The Hall–Kier alpha value is -0.570. The molecule has 1 aliphatic rings. The lowest BCUT2D eigenvalue weighted by Gasteiger charge is -2.06. The number of carboxylic acid groups (broad SMARTS) is 1. The summed E-state index contributed by atoms with van der Waals surface area (Å²) >= 11 is 0. The van der Waals surface area contributed by atoms with Crippen molar-refractivity contribution in [3.8, 4) is 0 Å². The SMILES string of the molecule is CC1CC1(CCO)C(=O)O. The first-order chi connectivity index (χ1) is 4.63. The van der Waals surface area contributed by atoms with Gasteiger partial charge in [-0.1, -0.05) is 6.92 Å². The molecule has 1 fully saturated rings. The molecule has 2 atom stereocenters. The van der Waals surface area contributed by atoms with E-state index in [1.165, 1.54) is 0 Å². The Morgan fingerprint density at radius 1 is 1.80 bits per heavy atom. The minimum atomic E-state index is -0.756. The van der Waals surface area contributed by atoms with E-state index >= 15 is 0 Å². The number of hydrogen-bond donors (Lipinski definition) is 2. The van der Waals surface area contributed by atoms with Crippen molar-refractivity contribution >= 4 is 5.97 Å². The molecule has 0 aliphatic heterocycles. The van der Waals surface area contributed by atoms with Crippen LogP contribution in [-0.2, 0) is 4.79 Å². The molecular formula is C7H12O3. The fraction of sp³-hybridized carbons (Fsp3) is 0.857. The van der Waals surface area contributed by atoms with Gasteiger partial charge in [0.2, 0.25) is 0 Å². The highest BCUT2D eigenvalue weighted by Gasteiger charge is 2.56. The number of rotatable bonds is 3. The molecular weight excluding hydrogens is 132 g/mol. The molecule has 0 spiro atoms. The quantitative estimate of drug-likeness (QED) is 0.605. The molecule has 0 heterocycles.